The fourth-order valence-corrected chi connectivity index (χ4v) is 4.47. The van der Waals surface area contributed by atoms with Crippen molar-refractivity contribution in [3.8, 4) is 11.5 Å². The van der Waals surface area contributed by atoms with Gasteiger partial charge >= 0.3 is 6.61 Å². The van der Waals surface area contributed by atoms with E-state index in [1.807, 2.05) is 0 Å². The van der Waals surface area contributed by atoms with Crippen LogP contribution in [0.5, 0.6) is 11.5 Å². The van der Waals surface area contributed by atoms with Gasteiger partial charge in [-0.05, 0) is 36.4 Å². The van der Waals surface area contributed by atoms with Crippen molar-refractivity contribution < 1.29 is 41.0 Å². The maximum atomic E-state index is 12.8. The molecule has 0 radical (unpaired) electrons. The van der Waals surface area contributed by atoms with Crippen LogP contribution >= 0.6 is 0 Å². The Kier molecular flexibility index (Phi) is 8.73. The molecular formula is C21H23F2N3O7S. The first-order valence-electron chi connectivity index (χ1n) is 10.1. The largest absolute Gasteiger partial charge is 0.493 e. The number of benzene rings is 2. The Hall–Kier alpha value is -3.29. The van der Waals surface area contributed by atoms with Gasteiger partial charge in [-0.25, -0.2) is 8.42 Å². The normalized spacial score (nSPS) is 14.8. The lowest BCUT2D eigenvalue weighted by Gasteiger charge is -2.26. The number of anilines is 1. The lowest BCUT2D eigenvalue weighted by Crippen LogP contribution is -2.40. The summed E-state index contributed by atoms with van der Waals surface area (Å²) in [4.78, 5) is 17.2. The number of ether oxygens (including phenoxy) is 3. The summed E-state index contributed by atoms with van der Waals surface area (Å²) in [5, 5.41) is 6.21. The quantitative estimate of drug-likeness (QED) is 0.394. The minimum Gasteiger partial charge on any atom is -0.493 e. The molecule has 1 N–H and O–H groups in total. The lowest BCUT2D eigenvalue weighted by atomic mass is 10.2. The average molecular weight is 499 g/mol. The van der Waals surface area contributed by atoms with Crippen LogP contribution in [0.2, 0.25) is 0 Å². The van der Waals surface area contributed by atoms with Gasteiger partial charge in [0.05, 0.1) is 31.4 Å². The summed E-state index contributed by atoms with van der Waals surface area (Å²) in [5.41, 5.74) is 0.742. The van der Waals surface area contributed by atoms with Crippen LogP contribution in [0, 0.1) is 0 Å². The smallest absolute Gasteiger partial charge is 0.387 e. The second-order valence-corrected chi connectivity index (χ2v) is 8.83. The number of nitrogens with zero attached hydrogens (tertiary/aromatic N) is 2. The van der Waals surface area contributed by atoms with Gasteiger partial charge in [0.25, 0.3) is 5.91 Å². The maximum absolute atomic E-state index is 12.8. The summed E-state index contributed by atoms with van der Waals surface area (Å²) < 4.78 is 66.1. The summed E-state index contributed by atoms with van der Waals surface area (Å²) in [5.74, 6) is -0.613. The highest BCUT2D eigenvalue weighted by Crippen LogP contribution is 2.29. The number of hydrogen-bond donors (Lipinski definition) is 1. The molecule has 10 nitrogen and oxygen atoms in total. The highest BCUT2D eigenvalue weighted by atomic mass is 32.2. The topological polar surface area (TPSA) is 116 Å². The van der Waals surface area contributed by atoms with E-state index >= 15 is 0 Å². The molecule has 1 aliphatic rings. The van der Waals surface area contributed by atoms with Crippen molar-refractivity contribution in [3.05, 3.63) is 48.0 Å². The van der Waals surface area contributed by atoms with Crippen LogP contribution in [0.1, 0.15) is 5.56 Å². The fourth-order valence-electron chi connectivity index (χ4n) is 3.02. The van der Waals surface area contributed by atoms with Crippen LogP contribution in [0.4, 0.5) is 14.5 Å². The van der Waals surface area contributed by atoms with Gasteiger partial charge in [0.1, 0.15) is 0 Å². The van der Waals surface area contributed by atoms with Gasteiger partial charge in [0.2, 0.25) is 10.0 Å². The molecule has 2 aromatic carbocycles. The summed E-state index contributed by atoms with van der Waals surface area (Å²) in [7, 11) is -2.40. The van der Waals surface area contributed by atoms with Crippen molar-refractivity contribution in [2.24, 2.45) is 5.16 Å². The second kappa shape index (κ2) is 11.7. The Morgan fingerprint density at radius 2 is 1.97 bits per heavy atom. The Labute approximate surface area is 195 Å². The van der Waals surface area contributed by atoms with Crippen molar-refractivity contribution in [2.75, 3.05) is 45.3 Å². The summed E-state index contributed by atoms with van der Waals surface area (Å²) in [6.45, 7) is -2.25. The second-order valence-electron chi connectivity index (χ2n) is 6.89. The molecule has 1 aliphatic heterocycles. The number of morpholine rings is 1. The van der Waals surface area contributed by atoms with Gasteiger partial charge in [-0.2, -0.15) is 13.1 Å². The van der Waals surface area contributed by atoms with E-state index in [1.54, 1.807) is 6.07 Å². The number of carbonyl (C=O) groups excluding carboxylic acids is 1. The van der Waals surface area contributed by atoms with E-state index in [4.69, 9.17) is 14.3 Å². The number of rotatable bonds is 10. The number of methoxy groups -OCH3 is 1. The standard InChI is InChI=1S/C21H23F2N3O7S/c1-30-19-11-15(5-6-18(19)33-21(22)23)13-24-32-14-20(27)25-16-3-2-4-17(12-16)34(28,29)26-7-9-31-10-8-26/h2-6,11-13,21H,7-10,14H2,1H3,(H,25,27)/b24-13+. The lowest BCUT2D eigenvalue weighted by molar-refractivity contribution is -0.120. The third-order valence-electron chi connectivity index (χ3n) is 4.60. The third-order valence-corrected chi connectivity index (χ3v) is 6.50. The van der Waals surface area contributed by atoms with Crippen LogP contribution in [0.15, 0.2) is 52.5 Å². The van der Waals surface area contributed by atoms with E-state index < -0.39 is 29.1 Å². The molecule has 3 rings (SSSR count). The molecule has 34 heavy (non-hydrogen) atoms. The molecule has 1 amide bonds. The first kappa shape index (κ1) is 25.3. The Bertz CT molecular complexity index is 1120. The molecule has 1 saturated heterocycles. The van der Waals surface area contributed by atoms with Crippen LogP contribution in [-0.4, -0.2) is 71.5 Å². The van der Waals surface area contributed by atoms with Gasteiger partial charge in [0.15, 0.2) is 18.1 Å². The zero-order valence-corrected chi connectivity index (χ0v) is 19.0. The van der Waals surface area contributed by atoms with Crippen molar-refractivity contribution in [3.63, 3.8) is 0 Å². The third kappa shape index (κ3) is 6.85. The zero-order valence-electron chi connectivity index (χ0n) is 18.1. The summed E-state index contributed by atoms with van der Waals surface area (Å²) >= 11 is 0. The Morgan fingerprint density at radius 3 is 2.68 bits per heavy atom. The SMILES string of the molecule is COc1cc(/C=N/OCC(=O)Nc2cccc(S(=O)(=O)N3CCOCC3)c2)ccc1OC(F)F. The Balaban J connectivity index is 1.54. The molecule has 2 aromatic rings. The van der Waals surface area contributed by atoms with Gasteiger partial charge < -0.3 is 24.4 Å². The zero-order chi connectivity index (χ0) is 24.6. The summed E-state index contributed by atoms with van der Waals surface area (Å²) in [6, 6.07) is 10.0. The van der Waals surface area contributed by atoms with Gasteiger partial charge in [-0.15, -0.1) is 0 Å². The van der Waals surface area contributed by atoms with Gasteiger partial charge in [0, 0.05) is 24.3 Å². The molecule has 13 heteroatoms. The number of sulfonamides is 1. The molecule has 1 heterocycles. The predicted molar refractivity (Wildman–Crippen MR) is 118 cm³/mol. The highest BCUT2D eigenvalue weighted by Gasteiger charge is 2.26. The van der Waals surface area contributed by atoms with E-state index in [0.717, 1.165) is 0 Å². The van der Waals surface area contributed by atoms with E-state index in [-0.39, 0.29) is 35.2 Å². The van der Waals surface area contributed by atoms with Crippen molar-refractivity contribution in [1.29, 1.82) is 0 Å². The highest BCUT2D eigenvalue weighted by molar-refractivity contribution is 7.89. The first-order chi connectivity index (χ1) is 16.3. The van der Waals surface area contributed by atoms with E-state index in [9.17, 15) is 22.0 Å². The monoisotopic (exact) mass is 499 g/mol. The molecular weight excluding hydrogens is 476 g/mol. The van der Waals surface area contributed by atoms with Crippen molar-refractivity contribution in [2.45, 2.75) is 11.5 Å². The number of oxime groups is 1. The molecule has 0 atom stereocenters. The van der Waals surface area contributed by atoms with Crippen LogP contribution in [-0.2, 0) is 24.4 Å². The minimum absolute atomic E-state index is 0.0550. The van der Waals surface area contributed by atoms with E-state index in [0.29, 0.717) is 18.8 Å². The van der Waals surface area contributed by atoms with Crippen molar-refractivity contribution in [1.82, 2.24) is 4.31 Å². The van der Waals surface area contributed by atoms with Crippen LogP contribution in [0.3, 0.4) is 0 Å². The van der Waals surface area contributed by atoms with Crippen LogP contribution in [0.25, 0.3) is 0 Å². The number of carbonyl (C=O) groups is 1. The molecule has 0 saturated carbocycles. The molecule has 184 valence electrons. The Morgan fingerprint density at radius 1 is 1.21 bits per heavy atom. The number of hydrogen-bond acceptors (Lipinski definition) is 8. The molecule has 0 bridgehead atoms. The molecule has 0 unspecified atom stereocenters. The number of alkyl halides is 2. The molecule has 0 aliphatic carbocycles. The average Bonchev–Trinajstić information content (AvgIpc) is 2.83. The number of nitrogens with one attached hydrogen (secondary N) is 1. The molecule has 1 fully saturated rings. The molecule has 0 aromatic heterocycles. The van der Waals surface area contributed by atoms with Gasteiger partial charge in [-0.1, -0.05) is 11.2 Å². The van der Waals surface area contributed by atoms with Gasteiger partial charge in [-0.3, -0.25) is 4.79 Å². The fraction of sp³-hybridized carbons (Fsp3) is 0.333. The number of halogens is 2. The van der Waals surface area contributed by atoms with E-state index in [1.165, 1.54) is 54.0 Å². The first-order valence-corrected chi connectivity index (χ1v) is 11.5. The van der Waals surface area contributed by atoms with E-state index in [2.05, 4.69) is 15.2 Å². The number of amides is 1. The van der Waals surface area contributed by atoms with Crippen molar-refractivity contribution >= 4 is 27.8 Å². The predicted octanol–water partition coefficient (Wildman–Crippen LogP) is 2.31. The molecule has 0 spiro atoms. The van der Waals surface area contributed by atoms with Crippen LogP contribution < -0.4 is 14.8 Å². The minimum atomic E-state index is -3.70. The maximum Gasteiger partial charge on any atom is 0.387 e. The summed E-state index contributed by atoms with van der Waals surface area (Å²) in [6.07, 6.45) is 1.26.